The number of ketones is 1. The van der Waals surface area contributed by atoms with E-state index in [2.05, 4.69) is 5.32 Å². The number of carbonyl (C=O) groups excluding carboxylic acids is 2. The number of hydrogen-bond donors (Lipinski definition) is 1. The van der Waals surface area contributed by atoms with E-state index in [1.54, 1.807) is 0 Å². The highest BCUT2D eigenvalue weighted by atomic mass is 16.2. The first kappa shape index (κ1) is 12.4. The minimum atomic E-state index is -0.614. The number of amides is 1. The van der Waals surface area contributed by atoms with Gasteiger partial charge in [0, 0.05) is 0 Å². The molecular weight excluding hydrogens is 202 g/mol. The summed E-state index contributed by atoms with van der Waals surface area (Å²) in [6.45, 7) is 5.24. The van der Waals surface area contributed by atoms with Gasteiger partial charge in [-0.2, -0.15) is 0 Å². The second-order valence-electron chi connectivity index (χ2n) is 4.38. The van der Waals surface area contributed by atoms with Gasteiger partial charge in [-0.3, -0.25) is 9.59 Å². The first-order valence-corrected chi connectivity index (χ1v) is 5.28. The fourth-order valence-corrected chi connectivity index (χ4v) is 1.41. The average molecular weight is 219 g/mol. The summed E-state index contributed by atoms with van der Waals surface area (Å²) < 4.78 is 0. The van der Waals surface area contributed by atoms with Crippen molar-refractivity contribution in [3.8, 4) is 0 Å². The van der Waals surface area contributed by atoms with Gasteiger partial charge in [0.05, 0.1) is 12.0 Å². The van der Waals surface area contributed by atoms with Gasteiger partial charge < -0.3 is 5.32 Å². The van der Waals surface area contributed by atoms with Crippen LogP contribution in [0.1, 0.15) is 26.3 Å². The van der Waals surface area contributed by atoms with Gasteiger partial charge in [-0.1, -0.05) is 30.3 Å². The number of rotatable bonds is 4. The molecule has 0 aliphatic carbocycles. The molecule has 16 heavy (non-hydrogen) atoms. The van der Waals surface area contributed by atoms with E-state index >= 15 is 0 Å². The van der Waals surface area contributed by atoms with Crippen molar-refractivity contribution in [1.29, 1.82) is 0 Å². The summed E-state index contributed by atoms with van der Waals surface area (Å²) in [5.74, 6) is -0.175. The van der Waals surface area contributed by atoms with E-state index in [0.717, 1.165) is 5.56 Å². The van der Waals surface area contributed by atoms with Crippen molar-refractivity contribution in [1.82, 2.24) is 5.32 Å². The maximum atomic E-state index is 11.9. The number of benzene rings is 1. The van der Waals surface area contributed by atoms with Crippen LogP contribution in [-0.4, -0.2) is 18.2 Å². The lowest BCUT2D eigenvalue weighted by atomic mass is 9.84. The molecule has 0 aliphatic heterocycles. The highest BCUT2D eigenvalue weighted by Gasteiger charge is 2.29. The van der Waals surface area contributed by atoms with Gasteiger partial charge in [-0.05, 0) is 26.3 Å². The fraction of sp³-hybridized carbons (Fsp3) is 0.385. The normalized spacial score (nSPS) is 10.9. The summed E-state index contributed by atoms with van der Waals surface area (Å²) in [5, 5.41) is 2.63. The molecule has 0 aromatic heterocycles. The van der Waals surface area contributed by atoms with Crippen LogP contribution in [0.3, 0.4) is 0 Å². The van der Waals surface area contributed by atoms with Gasteiger partial charge in [0.1, 0.15) is 5.78 Å². The molecule has 1 rings (SSSR count). The van der Waals surface area contributed by atoms with Gasteiger partial charge >= 0.3 is 0 Å². The predicted octanol–water partition coefficient (Wildman–Crippen LogP) is 1.67. The van der Waals surface area contributed by atoms with Crippen molar-refractivity contribution >= 4 is 11.7 Å². The fourth-order valence-electron chi connectivity index (χ4n) is 1.41. The van der Waals surface area contributed by atoms with Crippen LogP contribution >= 0.6 is 0 Å². The lowest BCUT2D eigenvalue weighted by Crippen LogP contribution is -2.41. The van der Waals surface area contributed by atoms with E-state index in [0.29, 0.717) is 0 Å². The molecule has 0 radical (unpaired) electrons. The van der Waals surface area contributed by atoms with Gasteiger partial charge in [0.25, 0.3) is 0 Å². The summed E-state index contributed by atoms with van der Waals surface area (Å²) in [6.07, 6.45) is 0. The second-order valence-corrected chi connectivity index (χ2v) is 4.38. The predicted molar refractivity (Wildman–Crippen MR) is 63.2 cm³/mol. The smallest absolute Gasteiger partial charge is 0.230 e. The molecule has 0 heterocycles. The highest BCUT2D eigenvalue weighted by molar-refractivity contribution is 5.90. The summed E-state index contributed by atoms with van der Waals surface area (Å²) >= 11 is 0. The molecule has 0 unspecified atom stereocenters. The molecule has 3 nitrogen and oxygen atoms in total. The Hall–Kier alpha value is -1.64. The zero-order chi connectivity index (χ0) is 12.2. The van der Waals surface area contributed by atoms with Crippen LogP contribution in [0.4, 0.5) is 0 Å². The molecule has 1 amide bonds. The number of hydrogen-bond acceptors (Lipinski definition) is 2. The Bertz CT molecular complexity index is 382. The van der Waals surface area contributed by atoms with Crippen molar-refractivity contribution in [3.05, 3.63) is 35.9 Å². The minimum absolute atomic E-state index is 0.0442. The van der Waals surface area contributed by atoms with Gasteiger partial charge in [0.15, 0.2) is 0 Å². The zero-order valence-electron chi connectivity index (χ0n) is 9.91. The average Bonchev–Trinajstić information content (AvgIpc) is 2.27. The molecule has 1 aromatic carbocycles. The standard InChI is InChI=1S/C13H17NO2/c1-10(15)9-14-12(16)13(2,3)11-7-5-4-6-8-11/h4-8H,9H2,1-3H3,(H,14,16). The Balaban J connectivity index is 2.78. The summed E-state index contributed by atoms with van der Waals surface area (Å²) in [6, 6.07) is 9.53. The van der Waals surface area contributed by atoms with Crippen LogP contribution < -0.4 is 5.32 Å². The Morgan fingerprint density at radius 3 is 2.25 bits per heavy atom. The van der Waals surface area contributed by atoms with Crippen LogP contribution in [0, 0.1) is 0 Å². The van der Waals surface area contributed by atoms with Crippen LogP contribution in [0.5, 0.6) is 0 Å². The van der Waals surface area contributed by atoms with Crippen molar-refractivity contribution in [2.24, 2.45) is 0 Å². The molecule has 86 valence electrons. The van der Waals surface area contributed by atoms with Crippen LogP contribution in [0.15, 0.2) is 30.3 Å². The Kier molecular flexibility index (Phi) is 3.82. The molecule has 0 saturated heterocycles. The van der Waals surface area contributed by atoms with Crippen molar-refractivity contribution in [2.75, 3.05) is 6.54 Å². The lowest BCUT2D eigenvalue weighted by molar-refractivity contribution is -0.128. The molecular formula is C13H17NO2. The first-order chi connectivity index (χ1) is 7.44. The first-order valence-electron chi connectivity index (χ1n) is 5.28. The Morgan fingerprint density at radius 1 is 1.19 bits per heavy atom. The lowest BCUT2D eigenvalue weighted by Gasteiger charge is -2.23. The SMILES string of the molecule is CC(=O)CNC(=O)C(C)(C)c1ccccc1. The van der Waals surface area contributed by atoms with E-state index in [9.17, 15) is 9.59 Å². The van der Waals surface area contributed by atoms with Crippen LogP contribution in [0.25, 0.3) is 0 Å². The van der Waals surface area contributed by atoms with Crippen molar-refractivity contribution in [3.63, 3.8) is 0 Å². The molecule has 1 N–H and O–H groups in total. The second kappa shape index (κ2) is 4.92. The summed E-state index contributed by atoms with van der Waals surface area (Å²) in [4.78, 5) is 22.7. The third kappa shape index (κ3) is 2.92. The van der Waals surface area contributed by atoms with E-state index < -0.39 is 5.41 Å². The third-order valence-corrected chi connectivity index (χ3v) is 2.56. The zero-order valence-corrected chi connectivity index (χ0v) is 9.91. The molecule has 0 bridgehead atoms. The van der Waals surface area contributed by atoms with Gasteiger partial charge in [-0.25, -0.2) is 0 Å². The van der Waals surface area contributed by atoms with E-state index in [1.807, 2.05) is 44.2 Å². The van der Waals surface area contributed by atoms with E-state index in [4.69, 9.17) is 0 Å². The third-order valence-electron chi connectivity index (χ3n) is 2.56. The monoisotopic (exact) mass is 219 g/mol. The molecule has 0 spiro atoms. The topological polar surface area (TPSA) is 46.2 Å². The Morgan fingerprint density at radius 2 is 1.75 bits per heavy atom. The molecule has 1 aromatic rings. The minimum Gasteiger partial charge on any atom is -0.348 e. The molecule has 0 fully saturated rings. The van der Waals surface area contributed by atoms with E-state index in [1.165, 1.54) is 6.92 Å². The number of nitrogens with one attached hydrogen (secondary N) is 1. The maximum Gasteiger partial charge on any atom is 0.230 e. The van der Waals surface area contributed by atoms with Gasteiger partial charge in [-0.15, -0.1) is 0 Å². The molecule has 0 saturated carbocycles. The largest absolute Gasteiger partial charge is 0.348 e. The number of carbonyl (C=O) groups is 2. The quantitative estimate of drug-likeness (QED) is 0.837. The maximum absolute atomic E-state index is 11.9. The Labute approximate surface area is 95.9 Å². The van der Waals surface area contributed by atoms with Crippen LogP contribution in [0.2, 0.25) is 0 Å². The highest BCUT2D eigenvalue weighted by Crippen LogP contribution is 2.22. The summed E-state index contributed by atoms with van der Waals surface area (Å²) in [5.41, 5.74) is 0.326. The molecule has 0 atom stereocenters. The molecule has 0 aliphatic rings. The molecule has 3 heteroatoms. The van der Waals surface area contributed by atoms with Crippen molar-refractivity contribution < 1.29 is 9.59 Å². The van der Waals surface area contributed by atoms with E-state index in [-0.39, 0.29) is 18.2 Å². The van der Waals surface area contributed by atoms with Crippen molar-refractivity contribution in [2.45, 2.75) is 26.2 Å². The number of Topliss-reactive ketones (excluding diaryl/α,β-unsaturated/α-hetero) is 1. The summed E-state index contributed by atoms with van der Waals surface area (Å²) in [7, 11) is 0. The van der Waals surface area contributed by atoms with Crippen LogP contribution in [-0.2, 0) is 15.0 Å². The van der Waals surface area contributed by atoms with Gasteiger partial charge in [0.2, 0.25) is 5.91 Å².